The molecular weight excluding hydrogens is 430 g/mol. The standard InChI is InChI=1S/C23H18BrN3O2/c1-14-3-7-16(8-4-14)21-22(17-9-5-15(2)6-10-17)26-23(25-21)18-11-12-19(24)20(13-18)27(28)29/h3-13H,1-2H3,(H,25,26). The quantitative estimate of drug-likeness (QED) is 0.279. The van der Waals surface area contributed by atoms with Gasteiger partial charge >= 0.3 is 0 Å². The first-order chi connectivity index (χ1) is 13.9. The van der Waals surface area contributed by atoms with Crippen molar-refractivity contribution < 1.29 is 4.92 Å². The van der Waals surface area contributed by atoms with Crippen LogP contribution in [-0.4, -0.2) is 14.9 Å². The molecule has 0 bridgehead atoms. The molecule has 0 amide bonds. The molecule has 6 heteroatoms. The summed E-state index contributed by atoms with van der Waals surface area (Å²) >= 11 is 3.24. The zero-order chi connectivity index (χ0) is 20.5. The molecule has 0 aliphatic rings. The van der Waals surface area contributed by atoms with Crippen molar-refractivity contribution in [3.63, 3.8) is 0 Å². The molecule has 0 fully saturated rings. The summed E-state index contributed by atoms with van der Waals surface area (Å²) in [5.41, 5.74) is 6.71. The first-order valence-electron chi connectivity index (χ1n) is 9.11. The number of nitro benzene ring substituents is 1. The molecule has 0 aliphatic heterocycles. The fraction of sp³-hybridized carbons (Fsp3) is 0.0870. The third-order valence-electron chi connectivity index (χ3n) is 4.79. The van der Waals surface area contributed by atoms with E-state index in [0.29, 0.717) is 15.9 Å². The number of hydrogen-bond donors (Lipinski definition) is 1. The normalized spacial score (nSPS) is 10.9. The van der Waals surface area contributed by atoms with E-state index in [1.165, 1.54) is 17.2 Å². The lowest BCUT2D eigenvalue weighted by molar-refractivity contribution is -0.385. The van der Waals surface area contributed by atoms with Crippen molar-refractivity contribution in [1.82, 2.24) is 9.97 Å². The Morgan fingerprint density at radius 2 is 1.41 bits per heavy atom. The molecular formula is C23H18BrN3O2. The van der Waals surface area contributed by atoms with Gasteiger partial charge in [-0.25, -0.2) is 4.98 Å². The summed E-state index contributed by atoms with van der Waals surface area (Å²) in [5, 5.41) is 11.3. The molecule has 29 heavy (non-hydrogen) atoms. The largest absolute Gasteiger partial charge is 0.337 e. The summed E-state index contributed by atoms with van der Waals surface area (Å²) in [5.74, 6) is 0.590. The van der Waals surface area contributed by atoms with Crippen molar-refractivity contribution in [2.75, 3.05) is 0 Å². The molecule has 4 rings (SSSR count). The van der Waals surface area contributed by atoms with Crippen molar-refractivity contribution in [2.45, 2.75) is 13.8 Å². The number of halogens is 1. The maximum absolute atomic E-state index is 11.3. The van der Waals surface area contributed by atoms with Gasteiger partial charge in [0.25, 0.3) is 5.69 Å². The third kappa shape index (κ3) is 3.84. The van der Waals surface area contributed by atoms with Crippen LogP contribution in [-0.2, 0) is 0 Å². The Morgan fingerprint density at radius 1 is 0.862 bits per heavy atom. The van der Waals surface area contributed by atoms with Crippen molar-refractivity contribution in [1.29, 1.82) is 0 Å². The zero-order valence-electron chi connectivity index (χ0n) is 15.9. The van der Waals surface area contributed by atoms with E-state index >= 15 is 0 Å². The van der Waals surface area contributed by atoms with Gasteiger partial charge in [-0.05, 0) is 41.9 Å². The summed E-state index contributed by atoms with van der Waals surface area (Å²) < 4.78 is 0.440. The number of nitrogens with one attached hydrogen (secondary N) is 1. The van der Waals surface area contributed by atoms with E-state index in [2.05, 4.69) is 33.0 Å². The number of hydrogen-bond acceptors (Lipinski definition) is 3. The van der Waals surface area contributed by atoms with Crippen LogP contribution < -0.4 is 0 Å². The average molecular weight is 448 g/mol. The Kier molecular flexibility index (Phi) is 5.03. The third-order valence-corrected chi connectivity index (χ3v) is 5.46. The van der Waals surface area contributed by atoms with Gasteiger partial charge in [0, 0.05) is 22.8 Å². The maximum atomic E-state index is 11.3. The highest BCUT2D eigenvalue weighted by Crippen LogP contribution is 2.35. The van der Waals surface area contributed by atoms with E-state index in [9.17, 15) is 10.1 Å². The highest BCUT2D eigenvalue weighted by molar-refractivity contribution is 9.10. The molecule has 4 aromatic rings. The fourth-order valence-corrected chi connectivity index (χ4v) is 3.55. The fourth-order valence-electron chi connectivity index (χ4n) is 3.16. The number of benzene rings is 3. The van der Waals surface area contributed by atoms with Crippen molar-refractivity contribution in [3.05, 3.63) is 92.4 Å². The van der Waals surface area contributed by atoms with Crippen LogP contribution in [0, 0.1) is 24.0 Å². The number of rotatable bonds is 4. The van der Waals surface area contributed by atoms with Gasteiger partial charge in [-0.1, -0.05) is 59.7 Å². The number of H-pyrrole nitrogens is 1. The minimum atomic E-state index is -0.404. The Labute approximate surface area is 176 Å². The maximum Gasteiger partial charge on any atom is 0.284 e. The number of aryl methyl sites for hydroxylation is 2. The Hall–Kier alpha value is -3.25. The molecule has 1 N–H and O–H groups in total. The Bertz CT molecular complexity index is 1130. The predicted octanol–water partition coefficient (Wildman–Crippen LogP) is 6.70. The lowest BCUT2D eigenvalue weighted by atomic mass is 10.0. The van der Waals surface area contributed by atoms with Crippen LogP contribution in [0.25, 0.3) is 33.9 Å². The summed E-state index contributed by atoms with van der Waals surface area (Å²) in [4.78, 5) is 19.1. The van der Waals surface area contributed by atoms with Gasteiger partial charge in [-0.3, -0.25) is 10.1 Å². The van der Waals surface area contributed by atoms with Crippen molar-refractivity contribution in [3.8, 4) is 33.9 Å². The average Bonchev–Trinajstić information content (AvgIpc) is 3.14. The molecule has 0 aliphatic carbocycles. The van der Waals surface area contributed by atoms with Gasteiger partial charge in [0.2, 0.25) is 0 Å². The monoisotopic (exact) mass is 447 g/mol. The minimum absolute atomic E-state index is 0.00710. The van der Waals surface area contributed by atoms with Gasteiger partial charge in [0.15, 0.2) is 0 Å². The lowest BCUT2D eigenvalue weighted by Gasteiger charge is -2.04. The molecule has 1 aromatic heterocycles. The van der Waals surface area contributed by atoms with Gasteiger partial charge < -0.3 is 4.98 Å². The van der Waals surface area contributed by atoms with E-state index in [1.54, 1.807) is 6.07 Å². The summed E-state index contributed by atoms with van der Waals surface area (Å²) in [6.45, 7) is 4.09. The molecule has 5 nitrogen and oxygen atoms in total. The number of aromatic amines is 1. The van der Waals surface area contributed by atoms with Crippen LogP contribution in [0.4, 0.5) is 5.69 Å². The number of aromatic nitrogens is 2. The Morgan fingerprint density at radius 3 is 2.00 bits per heavy atom. The van der Waals surface area contributed by atoms with Crippen LogP contribution in [0.5, 0.6) is 0 Å². The second kappa shape index (κ2) is 7.64. The summed E-state index contributed by atoms with van der Waals surface area (Å²) in [7, 11) is 0. The summed E-state index contributed by atoms with van der Waals surface area (Å²) in [6.07, 6.45) is 0. The topological polar surface area (TPSA) is 71.8 Å². The molecule has 0 saturated carbocycles. The van der Waals surface area contributed by atoms with E-state index in [1.807, 2.05) is 56.3 Å². The van der Waals surface area contributed by atoms with Gasteiger partial charge in [-0.2, -0.15) is 0 Å². The van der Waals surface area contributed by atoms with Crippen LogP contribution in [0.2, 0.25) is 0 Å². The molecule has 0 atom stereocenters. The molecule has 0 saturated heterocycles. The van der Waals surface area contributed by atoms with Crippen LogP contribution in [0.1, 0.15) is 11.1 Å². The van der Waals surface area contributed by atoms with Crippen LogP contribution in [0.3, 0.4) is 0 Å². The molecule has 144 valence electrons. The number of imidazole rings is 1. The molecule has 0 unspecified atom stereocenters. The van der Waals surface area contributed by atoms with Gasteiger partial charge in [0.05, 0.1) is 20.8 Å². The smallest absolute Gasteiger partial charge is 0.284 e. The second-order valence-electron chi connectivity index (χ2n) is 6.96. The van der Waals surface area contributed by atoms with E-state index in [4.69, 9.17) is 4.98 Å². The second-order valence-corrected chi connectivity index (χ2v) is 7.82. The number of nitro groups is 1. The Balaban J connectivity index is 1.90. The predicted molar refractivity (Wildman–Crippen MR) is 119 cm³/mol. The van der Waals surface area contributed by atoms with Crippen molar-refractivity contribution >= 4 is 21.6 Å². The molecule has 0 spiro atoms. The van der Waals surface area contributed by atoms with E-state index < -0.39 is 4.92 Å². The van der Waals surface area contributed by atoms with E-state index in [-0.39, 0.29) is 5.69 Å². The molecule has 1 heterocycles. The zero-order valence-corrected chi connectivity index (χ0v) is 17.5. The van der Waals surface area contributed by atoms with E-state index in [0.717, 1.165) is 22.5 Å². The summed E-state index contributed by atoms with van der Waals surface area (Å²) in [6, 6.07) is 21.4. The highest BCUT2D eigenvalue weighted by Gasteiger charge is 2.18. The molecule has 3 aromatic carbocycles. The van der Waals surface area contributed by atoms with Crippen LogP contribution in [0.15, 0.2) is 71.2 Å². The van der Waals surface area contributed by atoms with Crippen LogP contribution >= 0.6 is 15.9 Å². The van der Waals surface area contributed by atoms with Gasteiger partial charge in [0.1, 0.15) is 5.82 Å². The lowest BCUT2D eigenvalue weighted by Crippen LogP contribution is -1.91. The van der Waals surface area contributed by atoms with Gasteiger partial charge in [-0.15, -0.1) is 0 Å². The minimum Gasteiger partial charge on any atom is -0.337 e. The number of nitrogens with zero attached hydrogens (tertiary/aromatic N) is 2. The SMILES string of the molecule is Cc1ccc(-c2nc(-c3ccc(Br)c([N+](=O)[O-])c3)[nH]c2-c2ccc(C)cc2)cc1. The van der Waals surface area contributed by atoms with Crippen molar-refractivity contribution in [2.24, 2.45) is 0 Å². The highest BCUT2D eigenvalue weighted by atomic mass is 79.9. The first-order valence-corrected chi connectivity index (χ1v) is 9.90. The molecule has 0 radical (unpaired) electrons. The first kappa shape index (κ1) is 19.1.